The van der Waals surface area contributed by atoms with Crippen molar-refractivity contribution in [2.24, 2.45) is 0 Å². The monoisotopic (exact) mass is 129 g/mol. The van der Waals surface area contributed by atoms with Gasteiger partial charge in [-0.25, -0.2) is 0 Å². The Bertz CT molecular complexity index is 67.1. The van der Waals surface area contributed by atoms with Gasteiger partial charge in [0.2, 0.25) is 5.91 Å². The second-order valence-corrected chi connectivity index (χ2v) is 1.41. The third-order valence-corrected chi connectivity index (χ3v) is 0.630. The van der Waals surface area contributed by atoms with Gasteiger partial charge < -0.3 is 4.90 Å². The SMILES string of the molecule is CC(=O)N(C)C.[Li][Cl]. The molecule has 8 heavy (non-hydrogen) atoms. The summed E-state index contributed by atoms with van der Waals surface area (Å²) < 4.78 is 0. The minimum absolute atomic E-state index is 0.0926. The molecule has 0 aromatic carbocycles. The predicted octanol–water partition coefficient (Wildman–Crippen LogP) is 0.403. The van der Waals surface area contributed by atoms with Gasteiger partial charge in [-0.2, -0.15) is 0 Å². The number of carbonyl (C=O) groups is 1. The van der Waals surface area contributed by atoms with E-state index in [1.165, 1.54) is 28.6 Å². The quantitative estimate of drug-likeness (QED) is 0.434. The fraction of sp³-hybridized carbons (Fsp3) is 0.750. The molecule has 0 fully saturated rings. The van der Waals surface area contributed by atoms with Gasteiger partial charge in [0.05, 0.1) is 0 Å². The molecule has 0 N–H and O–H groups in total. The predicted molar refractivity (Wildman–Crippen MR) is 36.0 cm³/mol. The van der Waals surface area contributed by atoms with E-state index in [9.17, 15) is 4.79 Å². The number of nitrogens with zero attached hydrogens (tertiary/aromatic N) is 1. The number of hydrogen-bond acceptors (Lipinski definition) is 1. The van der Waals surface area contributed by atoms with Crippen LogP contribution in [0.3, 0.4) is 0 Å². The van der Waals surface area contributed by atoms with Crippen molar-refractivity contribution in [3.63, 3.8) is 0 Å². The van der Waals surface area contributed by atoms with Crippen LogP contribution in [0.4, 0.5) is 0 Å². The molecule has 0 radical (unpaired) electrons. The van der Waals surface area contributed by atoms with Gasteiger partial charge in [-0.05, 0) is 0 Å². The van der Waals surface area contributed by atoms with Crippen LogP contribution >= 0.6 is 9.80 Å². The van der Waals surface area contributed by atoms with E-state index in [1.54, 1.807) is 14.1 Å². The zero-order chi connectivity index (χ0) is 7.15. The number of carbonyl (C=O) groups excluding carboxylic acids is 1. The molecule has 0 aliphatic carbocycles. The summed E-state index contributed by atoms with van der Waals surface area (Å²) in [5, 5.41) is 0. The normalized spacial score (nSPS) is 6.75. The van der Waals surface area contributed by atoms with Crippen molar-refractivity contribution in [3.8, 4) is 0 Å². The first-order valence-electron chi connectivity index (χ1n) is 2.20. The first-order valence-corrected chi connectivity index (χ1v) is 2.96. The van der Waals surface area contributed by atoms with E-state index in [0.717, 1.165) is 0 Å². The molecule has 44 valence electrons. The maximum absolute atomic E-state index is 10.1. The molecule has 0 unspecified atom stereocenters. The first kappa shape index (κ1) is 11.2. The van der Waals surface area contributed by atoms with Crippen LogP contribution in [0.15, 0.2) is 0 Å². The molecule has 2 nitrogen and oxygen atoms in total. The summed E-state index contributed by atoms with van der Waals surface area (Å²) >= 11 is 1.47. The van der Waals surface area contributed by atoms with Crippen molar-refractivity contribution in [3.05, 3.63) is 0 Å². The molecule has 4 heteroatoms. The Kier molecular flexibility index (Phi) is 10.3. The second kappa shape index (κ2) is 7.36. The van der Waals surface area contributed by atoms with E-state index in [-0.39, 0.29) is 5.91 Å². The molecule has 0 aliphatic heterocycles. The van der Waals surface area contributed by atoms with Crippen LogP contribution in [0, 0.1) is 0 Å². The van der Waals surface area contributed by atoms with Gasteiger partial charge in [0, 0.05) is 21.0 Å². The van der Waals surface area contributed by atoms with Crippen LogP contribution < -0.4 is 0 Å². The Balaban J connectivity index is 0. The number of rotatable bonds is 0. The maximum atomic E-state index is 10.1. The van der Waals surface area contributed by atoms with Crippen LogP contribution in [0.2, 0.25) is 0 Å². The van der Waals surface area contributed by atoms with E-state index < -0.39 is 0 Å². The summed E-state index contributed by atoms with van der Waals surface area (Å²) in [6, 6.07) is 0. The van der Waals surface area contributed by atoms with Gasteiger partial charge in [-0.15, -0.1) is 0 Å². The third kappa shape index (κ3) is 9.61. The molecule has 0 bridgehead atoms. The van der Waals surface area contributed by atoms with Crippen LogP contribution in [0.25, 0.3) is 0 Å². The summed E-state index contributed by atoms with van der Waals surface area (Å²) in [5.41, 5.74) is 0. The molecule has 0 atom stereocenters. The van der Waals surface area contributed by atoms with E-state index in [2.05, 4.69) is 9.80 Å². The number of halogens is 1. The molecule has 0 saturated heterocycles. The fourth-order valence-electron chi connectivity index (χ4n) is 0. The summed E-state index contributed by atoms with van der Waals surface area (Å²) in [6.07, 6.45) is 0. The van der Waals surface area contributed by atoms with Gasteiger partial charge in [-0.3, -0.25) is 4.79 Å². The first-order chi connectivity index (χ1) is 3.64. The molecule has 0 spiro atoms. The third-order valence-electron chi connectivity index (χ3n) is 0.630. The van der Waals surface area contributed by atoms with Gasteiger partial charge in [0.15, 0.2) is 0 Å². The molecule has 0 saturated carbocycles. The van der Waals surface area contributed by atoms with Crippen LogP contribution in [-0.4, -0.2) is 41.6 Å². The zero-order valence-corrected chi connectivity index (χ0v) is 6.49. The molecular weight excluding hydrogens is 120 g/mol. The van der Waals surface area contributed by atoms with Crippen LogP contribution in [-0.2, 0) is 4.79 Å². The van der Waals surface area contributed by atoms with E-state index in [1.807, 2.05) is 0 Å². The molecule has 0 aromatic heterocycles. The number of hydrogen-bond donors (Lipinski definition) is 0. The Morgan fingerprint density at radius 3 is 1.62 bits per heavy atom. The van der Waals surface area contributed by atoms with Crippen molar-refractivity contribution in [2.75, 3.05) is 14.1 Å². The van der Waals surface area contributed by atoms with Gasteiger partial charge in [-0.1, -0.05) is 0 Å². The Labute approximate surface area is 63.5 Å². The summed E-state index contributed by atoms with van der Waals surface area (Å²) in [5.74, 6) is 0.0926. The van der Waals surface area contributed by atoms with Crippen LogP contribution in [0.1, 0.15) is 6.92 Å². The summed E-state index contributed by atoms with van der Waals surface area (Å²) in [6.45, 7) is 1.53. The van der Waals surface area contributed by atoms with E-state index in [4.69, 9.17) is 0 Å². The fourth-order valence-corrected chi connectivity index (χ4v) is 0. The van der Waals surface area contributed by atoms with E-state index in [0.29, 0.717) is 0 Å². The molecular formula is C4H9ClLiNO. The van der Waals surface area contributed by atoms with Crippen molar-refractivity contribution < 1.29 is 4.79 Å². The molecule has 1 amide bonds. The molecule has 0 heterocycles. The van der Waals surface area contributed by atoms with E-state index >= 15 is 0 Å². The average Bonchev–Trinajstić information content (AvgIpc) is 1.72. The van der Waals surface area contributed by atoms with Crippen molar-refractivity contribution in [1.29, 1.82) is 0 Å². The molecule has 0 aliphatic rings. The standard InChI is InChI=1S/C4H9NO.ClH.Li/c1-4(6)5(2)3;;/h1-3H3;1H;/q;;+1/p-1. The molecule has 0 rings (SSSR count). The summed E-state index contributed by atoms with van der Waals surface area (Å²) in [7, 11) is 8.09. The average molecular weight is 130 g/mol. The molecule has 0 aromatic rings. The van der Waals surface area contributed by atoms with Gasteiger partial charge >= 0.3 is 26.5 Å². The topological polar surface area (TPSA) is 20.3 Å². The Morgan fingerprint density at radius 2 is 1.62 bits per heavy atom. The second-order valence-electron chi connectivity index (χ2n) is 1.41. The number of amides is 1. The summed E-state index contributed by atoms with van der Waals surface area (Å²) in [4.78, 5) is 11.6. The van der Waals surface area contributed by atoms with Gasteiger partial charge in [0.25, 0.3) is 0 Å². The van der Waals surface area contributed by atoms with Crippen molar-refractivity contribution in [2.45, 2.75) is 6.92 Å². The van der Waals surface area contributed by atoms with Crippen molar-refractivity contribution >= 4 is 32.4 Å². The Morgan fingerprint density at radius 1 is 1.50 bits per heavy atom. The van der Waals surface area contributed by atoms with Gasteiger partial charge in [0.1, 0.15) is 0 Å². The van der Waals surface area contributed by atoms with Crippen molar-refractivity contribution in [1.82, 2.24) is 4.90 Å². The van der Waals surface area contributed by atoms with Crippen LogP contribution in [0.5, 0.6) is 0 Å². The zero-order valence-electron chi connectivity index (χ0n) is 5.73. The minimum atomic E-state index is 0.0926. The Hall–Kier alpha value is 0.357.